The summed E-state index contributed by atoms with van der Waals surface area (Å²) in [6, 6.07) is 4.82. The summed E-state index contributed by atoms with van der Waals surface area (Å²) >= 11 is 6.46. The van der Waals surface area contributed by atoms with Crippen molar-refractivity contribution >= 4 is 33.3 Å². The Balaban J connectivity index is 2.22. The van der Waals surface area contributed by atoms with Crippen LogP contribution in [0.25, 0.3) is 21.7 Å². The van der Waals surface area contributed by atoms with Crippen molar-refractivity contribution in [1.82, 2.24) is 9.55 Å². The third kappa shape index (κ3) is 3.80. The van der Waals surface area contributed by atoms with Gasteiger partial charge in [-0.05, 0) is 49.8 Å². The number of nitrogens with zero attached hydrogens (tertiary/aromatic N) is 2. The van der Waals surface area contributed by atoms with E-state index in [-0.39, 0.29) is 17.5 Å². The van der Waals surface area contributed by atoms with Gasteiger partial charge in [0.05, 0.1) is 21.6 Å². The highest BCUT2D eigenvalue weighted by Crippen LogP contribution is 2.33. The molecule has 2 aromatic heterocycles. The molecular formula is C21H26ClN3O2. The van der Waals surface area contributed by atoms with Crippen molar-refractivity contribution in [2.75, 3.05) is 6.61 Å². The zero-order valence-electron chi connectivity index (χ0n) is 19.0. The third-order valence-corrected chi connectivity index (χ3v) is 4.85. The fraction of sp³-hybridized carbons (Fsp3) is 0.429. The van der Waals surface area contributed by atoms with Crippen LogP contribution in [0.4, 0.5) is 0 Å². The molecule has 0 radical (unpaired) electrons. The van der Waals surface area contributed by atoms with Crippen LogP contribution < -0.4 is 16.0 Å². The molecule has 1 unspecified atom stereocenters. The van der Waals surface area contributed by atoms with E-state index in [1.54, 1.807) is 25.3 Å². The highest BCUT2D eigenvalue weighted by atomic mass is 35.5. The summed E-state index contributed by atoms with van der Waals surface area (Å²) in [4.78, 5) is 17.4. The molecule has 0 spiro atoms. The van der Waals surface area contributed by atoms with Gasteiger partial charge in [-0.15, -0.1) is 0 Å². The lowest BCUT2D eigenvalue weighted by Crippen LogP contribution is -2.43. The Morgan fingerprint density at radius 3 is 2.78 bits per heavy atom. The molecule has 1 atom stereocenters. The number of nitrogens with two attached hydrogens (primary N) is 1. The zero-order chi connectivity index (χ0) is 22.4. The number of halogens is 1. The second kappa shape index (κ2) is 7.13. The van der Waals surface area contributed by atoms with E-state index in [4.69, 9.17) is 26.2 Å². The molecule has 0 aliphatic rings. The minimum atomic E-state index is -2.66. The normalized spacial score (nSPS) is 16.2. The number of hydrogen-bond donors (Lipinski definition) is 1. The van der Waals surface area contributed by atoms with Crippen molar-refractivity contribution in [2.45, 2.75) is 39.7 Å². The molecule has 0 aliphatic carbocycles. The number of benzene rings is 1. The average Bonchev–Trinajstić information content (AvgIpc) is 2.59. The Morgan fingerprint density at radius 1 is 1.37 bits per heavy atom. The van der Waals surface area contributed by atoms with E-state index in [1.807, 2.05) is 6.92 Å². The molecule has 1 aromatic carbocycles. The van der Waals surface area contributed by atoms with Gasteiger partial charge in [-0.25, -0.2) is 0 Å². The first kappa shape index (κ1) is 15.9. The van der Waals surface area contributed by atoms with Gasteiger partial charge >= 0.3 is 0 Å². The van der Waals surface area contributed by atoms with Gasteiger partial charge in [-0.2, -0.15) is 0 Å². The highest BCUT2D eigenvalue weighted by molar-refractivity contribution is 6.33. The van der Waals surface area contributed by atoms with E-state index >= 15 is 0 Å². The Morgan fingerprint density at radius 2 is 2.11 bits per heavy atom. The van der Waals surface area contributed by atoms with E-state index < -0.39 is 18.1 Å². The molecule has 2 heterocycles. The highest BCUT2D eigenvalue weighted by Gasteiger charge is 2.22. The second-order valence-electron chi connectivity index (χ2n) is 7.80. The molecule has 0 amide bonds. The maximum atomic E-state index is 13.2. The predicted octanol–water partition coefficient (Wildman–Crippen LogP) is 4.19. The smallest absolute Gasteiger partial charge is 0.258 e. The molecule has 27 heavy (non-hydrogen) atoms. The minimum absolute atomic E-state index is 0.209. The topological polar surface area (TPSA) is 70.1 Å². The van der Waals surface area contributed by atoms with Crippen LogP contribution in [0.1, 0.15) is 37.0 Å². The summed E-state index contributed by atoms with van der Waals surface area (Å²) in [5.41, 5.74) is 5.82. The fourth-order valence-electron chi connectivity index (χ4n) is 3.58. The lowest BCUT2D eigenvalue weighted by Gasteiger charge is -2.27. The Labute approximate surface area is 168 Å². The molecule has 0 saturated heterocycles. The van der Waals surface area contributed by atoms with E-state index in [2.05, 4.69) is 18.8 Å². The van der Waals surface area contributed by atoms with Crippen molar-refractivity contribution in [3.05, 3.63) is 45.5 Å². The van der Waals surface area contributed by atoms with Crippen molar-refractivity contribution in [3.8, 4) is 5.75 Å². The molecule has 6 heteroatoms. The number of aryl methyl sites for hydroxylation is 2. The summed E-state index contributed by atoms with van der Waals surface area (Å²) in [6.45, 7) is 5.27. The Bertz CT molecular complexity index is 1170. The van der Waals surface area contributed by atoms with E-state index in [0.717, 1.165) is 11.0 Å². The van der Waals surface area contributed by atoms with Crippen molar-refractivity contribution in [2.24, 2.45) is 18.6 Å². The SMILES string of the molecule is [2H]C([2H])([2H])n1c(=O)c2cc(OCC(C)(N)CC(C)C)c(Cl)cc2c2ccnc(C)c21. The quantitative estimate of drug-likeness (QED) is 0.663. The summed E-state index contributed by atoms with van der Waals surface area (Å²) in [6.07, 6.45) is 2.33. The number of aromatic nitrogens is 2. The maximum Gasteiger partial charge on any atom is 0.258 e. The van der Waals surface area contributed by atoms with E-state index in [0.29, 0.717) is 33.2 Å². The van der Waals surface area contributed by atoms with Crippen LogP contribution in [0.3, 0.4) is 0 Å². The van der Waals surface area contributed by atoms with Gasteiger partial charge in [0.1, 0.15) is 12.4 Å². The number of hydrogen-bond acceptors (Lipinski definition) is 4. The average molecular weight is 391 g/mol. The predicted molar refractivity (Wildman–Crippen MR) is 112 cm³/mol. The first-order valence-corrected chi connectivity index (χ1v) is 9.25. The van der Waals surface area contributed by atoms with Crippen LogP contribution in [0.15, 0.2) is 29.2 Å². The number of ether oxygens (including phenoxy) is 1. The Kier molecular flexibility index (Phi) is 4.20. The van der Waals surface area contributed by atoms with Gasteiger partial charge in [0.15, 0.2) is 0 Å². The lowest BCUT2D eigenvalue weighted by atomic mass is 9.93. The van der Waals surface area contributed by atoms with Gasteiger partial charge in [-0.1, -0.05) is 25.4 Å². The van der Waals surface area contributed by atoms with Gasteiger partial charge in [0.25, 0.3) is 5.56 Å². The Hall–Kier alpha value is -2.11. The summed E-state index contributed by atoms with van der Waals surface area (Å²) in [7, 11) is 0. The molecule has 2 N–H and O–H groups in total. The first-order chi connectivity index (χ1) is 13.8. The monoisotopic (exact) mass is 390 g/mol. The maximum absolute atomic E-state index is 13.2. The molecular weight excluding hydrogens is 362 g/mol. The molecule has 3 rings (SSSR count). The standard InChI is InChI=1S/C21H26ClN3O2/c1-12(2)10-21(4,23)11-27-18-9-16-15(8-17(18)22)14-6-7-24-13(3)19(14)25(5)20(16)26/h6-9,12H,10-11,23H2,1-5H3/i5D3. The zero-order valence-corrected chi connectivity index (χ0v) is 16.7. The summed E-state index contributed by atoms with van der Waals surface area (Å²) < 4.78 is 30.3. The van der Waals surface area contributed by atoms with Gasteiger partial charge in [0.2, 0.25) is 0 Å². The van der Waals surface area contributed by atoms with Crippen LogP contribution >= 0.6 is 11.6 Å². The van der Waals surface area contributed by atoms with Crippen molar-refractivity contribution in [3.63, 3.8) is 0 Å². The van der Waals surface area contributed by atoms with Crippen molar-refractivity contribution in [1.29, 1.82) is 0 Å². The van der Waals surface area contributed by atoms with Crippen LogP contribution in [0.5, 0.6) is 5.75 Å². The number of rotatable bonds is 5. The van der Waals surface area contributed by atoms with Crippen molar-refractivity contribution < 1.29 is 8.85 Å². The molecule has 3 aromatic rings. The van der Waals surface area contributed by atoms with E-state index in [9.17, 15) is 4.79 Å². The lowest BCUT2D eigenvalue weighted by molar-refractivity contribution is 0.207. The molecule has 0 saturated carbocycles. The van der Waals surface area contributed by atoms with Crippen LogP contribution in [0.2, 0.25) is 5.02 Å². The molecule has 0 aliphatic heterocycles. The van der Waals surface area contributed by atoms with E-state index in [1.165, 1.54) is 6.07 Å². The number of fused-ring (bicyclic) bond motifs is 3. The van der Waals surface area contributed by atoms with Crippen LogP contribution in [-0.2, 0) is 6.98 Å². The largest absolute Gasteiger partial charge is 0.490 e. The fourth-order valence-corrected chi connectivity index (χ4v) is 3.80. The number of pyridine rings is 2. The summed E-state index contributed by atoms with van der Waals surface area (Å²) in [5, 5.41) is 1.68. The minimum Gasteiger partial charge on any atom is -0.490 e. The molecule has 5 nitrogen and oxygen atoms in total. The van der Waals surface area contributed by atoms with Gasteiger partial charge < -0.3 is 15.0 Å². The second-order valence-corrected chi connectivity index (χ2v) is 8.21. The molecule has 0 bridgehead atoms. The first-order valence-electron chi connectivity index (χ1n) is 10.4. The van der Waals surface area contributed by atoms with Gasteiger partial charge in [0, 0.05) is 28.2 Å². The van der Waals surface area contributed by atoms with Crippen LogP contribution in [0, 0.1) is 12.8 Å². The molecule has 144 valence electrons. The molecule has 0 fully saturated rings. The summed E-state index contributed by atoms with van der Waals surface area (Å²) in [5.74, 6) is 0.689. The van der Waals surface area contributed by atoms with Gasteiger partial charge in [-0.3, -0.25) is 9.78 Å². The third-order valence-electron chi connectivity index (χ3n) is 4.56. The van der Waals surface area contributed by atoms with Crippen LogP contribution in [-0.4, -0.2) is 21.7 Å².